The first-order valence-corrected chi connectivity index (χ1v) is 8.81. The van der Waals surface area contributed by atoms with Crippen LogP contribution in [-0.4, -0.2) is 26.4 Å². The molecular formula is C17H24N4OS. The molecule has 23 heavy (non-hydrogen) atoms. The van der Waals surface area contributed by atoms with Gasteiger partial charge in [0.15, 0.2) is 5.16 Å². The van der Waals surface area contributed by atoms with Crippen molar-refractivity contribution in [3.63, 3.8) is 0 Å². The van der Waals surface area contributed by atoms with Gasteiger partial charge >= 0.3 is 0 Å². The van der Waals surface area contributed by atoms with E-state index in [2.05, 4.69) is 43.2 Å². The first-order valence-electron chi connectivity index (χ1n) is 7.82. The highest BCUT2D eigenvalue weighted by atomic mass is 32.2. The van der Waals surface area contributed by atoms with Crippen LogP contribution in [-0.2, 0) is 4.79 Å². The van der Waals surface area contributed by atoms with Crippen LogP contribution in [0.3, 0.4) is 0 Å². The van der Waals surface area contributed by atoms with Crippen LogP contribution in [0.15, 0.2) is 29.4 Å². The molecule has 0 atom stereocenters. The molecule has 6 heteroatoms. The number of aromatic nitrogens is 3. The lowest BCUT2D eigenvalue weighted by molar-refractivity contribution is -0.113. The summed E-state index contributed by atoms with van der Waals surface area (Å²) in [5, 5.41) is 11.9. The maximum atomic E-state index is 12.1. The van der Waals surface area contributed by atoms with Gasteiger partial charge in [0.1, 0.15) is 5.82 Å². The Labute approximate surface area is 141 Å². The van der Waals surface area contributed by atoms with Gasteiger partial charge in [0, 0.05) is 11.7 Å². The molecule has 0 saturated heterocycles. The molecule has 124 valence electrons. The van der Waals surface area contributed by atoms with Gasteiger partial charge < -0.3 is 9.88 Å². The van der Waals surface area contributed by atoms with E-state index in [-0.39, 0.29) is 11.9 Å². The van der Waals surface area contributed by atoms with E-state index in [0.29, 0.717) is 11.7 Å². The number of amides is 1. The summed E-state index contributed by atoms with van der Waals surface area (Å²) >= 11 is 1.41. The van der Waals surface area contributed by atoms with E-state index >= 15 is 0 Å². The van der Waals surface area contributed by atoms with E-state index in [9.17, 15) is 4.79 Å². The summed E-state index contributed by atoms with van der Waals surface area (Å²) in [6, 6.07) is 8.26. The number of hydrogen-bond donors (Lipinski definition) is 1. The molecule has 0 fully saturated rings. The maximum absolute atomic E-state index is 12.1. The van der Waals surface area contributed by atoms with Gasteiger partial charge in [-0.2, -0.15) is 0 Å². The van der Waals surface area contributed by atoms with Crippen LogP contribution in [0, 0.1) is 6.92 Å². The average molecular weight is 332 g/mol. The van der Waals surface area contributed by atoms with Gasteiger partial charge in [-0.1, -0.05) is 37.7 Å². The highest BCUT2D eigenvalue weighted by Gasteiger charge is 2.14. The molecule has 1 heterocycles. The molecule has 5 nitrogen and oxygen atoms in total. The van der Waals surface area contributed by atoms with Crippen LogP contribution in [0.4, 0.5) is 5.69 Å². The summed E-state index contributed by atoms with van der Waals surface area (Å²) in [6.07, 6.45) is 0. The number of aryl methyl sites for hydroxylation is 1. The van der Waals surface area contributed by atoms with Crippen molar-refractivity contribution in [3.05, 3.63) is 35.7 Å². The standard InChI is InChI=1S/C17H24N4OS/c1-11(2)14-6-8-15(9-7-14)18-16(22)10-23-17-20-19-13(5)21(17)12(3)4/h6-9,11-12H,10H2,1-5H3,(H,18,22). The second kappa shape index (κ2) is 7.64. The fourth-order valence-corrected chi connectivity index (χ4v) is 3.23. The number of carbonyl (C=O) groups excluding carboxylic acids is 1. The SMILES string of the molecule is Cc1nnc(SCC(=O)Nc2ccc(C(C)C)cc2)n1C(C)C. The lowest BCUT2D eigenvalue weighted by Gasteiger charge is -2.12. The van der Waals surface area contributed by atoms with E-state index in [1.54, 1.807) is 0 Å². The summed E-state index contributed by atoms with van der Waals surface area (Å²) in [7, 11) is 0. The third kappa shape index (κ3) is 4.58. The molecule has 2 aromatic rings. The lowest BCUT2D eigenvalue weighted by Crippen LogP contribution is -2.15. The van der Waals surface area contributed by atoms with Gasteiger partial charge in [0.05, 0.1) is 5.75 Å². The van der Waals surface area contributed by atoms with Crippen molar-refractivity contribution in [2.45, 2.75) is 51.7 Å². The zero-order chi connectivity index (χ0) is 17.0. The highest BCUT2D eigenvalue weighted by Crippen LogP contribution is 2.22. The normalized spacial score (nSPS) is 11.3. The third-order valence-electron chi connectivity index (χ3n) is 3.54. The van der Waals surface area contributed by atoms with E-state index in [4.69, 9.17) is 0 Å². The topological polar surface area (TPSA) is 59.8 Å². The van der Waals surface area contributed by atoms with Crippen LogP contribution in [0.1, 0.15) is 51.0 Å². The van der Waals surface area contributed by atoms with Crippen LogP contribution < -0.4 is 5.32 Å². The van der Waals surface area contributed by atoms with Gasteiger partial charge in [0.25, 0.3) is 0 Å². The Hall–Kier alpha value is -1.82. The molecule has 1 aromatic carbocycles. The molecule has 0 bridgehead atoms. The quantitative estimate of drug-likeness (QED) is 0.812. The van der Waals surface area contributed by atoms with Gasteiger partial charge in [-0.05, 0) is 44.4 Å². The summed E-state index contributed by atoms with van der Waals surface area (Å²) in [6.45, 7) is 10.4. The molecule has 0 aliphatic carbocycles. The number of hydrogen-bond acceptors (Lipinski definition) is 4. The van der Waals surface area contributed by atoms with Gasteiger partial charge in [-0.3, -0.25) is 4.79 Å². The van der Waals surface area contributed by atoms with Crippen molar-refractivity contribution in [2.24, 2.45) is 0 Å². The zero-order valence-electron chi connectivity index (χ0n) is 14.3. The van der Waals surface area contributed by atoms with E-state index in [1.807, 2.05) is 35.8 Å². The van der Waals surface area contributed by atoms with Crippen LogP contribution >= 0.6 is 11.8 Å². The van der Waals surface area contributed by atoms with Gasteiger partial charge in [0.2, 0.25) is 5.91 Å². The van der Waals surface area contributed by atoms with E-state index in [0.717, 1.165) is 16.7 Å². The monoisotopic (exact) mass is 332 g/mol. The van der Waals surface area contributed by atoms with Crippen molar-refractivity contribution in [3.8, 4) is 0 Å². The van der Waals surface area contributed by atoms with Gasteiger partial charge in [-0.15, -0.1) is 10.2 Å². The number of rotatable bonds is 6. The molecule has 2 rings (SSSR count). The van der Waals surface area contributed by atoms with Crippen molar-refractivity contribution in [1.82, 2.24) is 14.8 Å². The number of thioether (sulfide) groups is 1. The molecule has 1 N–H and O–H groups in total. The van der Waals surface area contributed by atoms with E-state index < -0.39 is 0 Å². The third-order valence-corrected chi connectivity index (χ3v) is 4.49. The zero-order valence-corrected chi connectivity index (χ0v) is 15.1. The Morgan fingerprint density at radius 1 is 1.17 bits per heavy atom. The Morgan fingerprint density at radius 2 is 1.83 bits per heavy atom. The number of benzene rings is 1. The largest absolute Gasteiger partial charge is 0.325 e. The Kier molecular flexibility index (Phi) is 5.82. The smallest absolute Gasteiger partial charge is 0.234 e. The molecular weight excluding hydrogens is 308 g/mol. The summed E-state index contributed by atoms with van der Waals surface area (Å²) in [5.74, 6) is 1.63. The second-order valence-corrected chi connectivity index (χ2v) is 7.05. The van der Waals surface area contributed by atoms with Gasteiger partial charge in [-0.25, -0.2) is 0 Å². The molecule has 0 aliphatic heterocycles. The number of anilines is 1. The molecule has 0 unspecified atom stereocenters. The van der Waals surface area contributed by atoms with E-state index in [1.165, 1.54) is 17.3 Å². The van der Waals surface area contributed by atoms with Crippen LogP contribution in [0.2, 0.25) is 0 Å². The molecule has 1 amide bonds. The minimum Gasteiger partial charge on any atom is -0.325 e. The van der Waals surface area contributed by atoms with Crippen molar-refractivity contribution < 1.29 is 4.79 Å². The Bertz CT molecular complexity index is 662. The molecule has 0 aliphatic rings. The van der Waals surface area contributed by atoms with Crippen molar-refractivity contribution in [2.75, 3.05) is 11.1 Å². The summed E-state index contributed by atoms with van der Waals surface area (Å²) < 4.78 is 2.04. The predicted octanol–water partition coefficient (Wildman–Crippen LogP) is 4.02. The first kappa shape index (κ1) is 17.5. The minimum atomic E-state index is -0.0387. The fourth-order valence-electron chi connectivity index (χ4n) is 2.32. The highest BCUT2D eigenvalue weighted by molar-refractivity contribution is 7.99. The molecule has 0 saturated carbocycles. The summed E-state index contributed by atoms with van der Waals surface area (Å²) in [5.41, 5.74) is 2.08. The molecule has 1 aromatic heterocycles. The number of nitrogens with one attached hydrogen (secondary N) is 1. The van der Waals surface area contributed by atoms with Crippen molar-refractivity contribution >= 4 is 23.4 Å². The Morgan fingerprint density at radius 3 is 2.39 bits per heavy atom. The number of carbonyl (C=O) groups is 1. The summed E-state index contributed by atoms with van der Waals surface area (Å²) in [4.78, 5) is 12.1. The number of nitrogens with zero attached hydrogens (tertiary/aromatic N) is 3. The minimum absolute atomic E-state index is 0.0387. The first-order chi connectivity index (χ1) is 10.9. The predicted molar refractivity (Wildman–Crippen MR) is 95.0 cm³/mol. The lowest BCUT2D eigenvalue weighted by atomic mass is 10.0. The molecule has 0 radical (unpaired) electrons. The fraction of sp³-hybridized carbons (Fsp3) is 0.471. The van der Waals surface area contributed by atoms with Crippen LogP contribution in [0.25, 0.3) is 0 Å². The average Bonchev–Trinajstić information content (AvgIpc) is 2.86. The Balaban J connectivity index is 1.93. The maximum Gasteiger partial charge on any atom is 0.234 e. The second-order valence-electron chi connectivity index (χ2n) is 6.11. The van der Waals surface area contributed by atoms with Crippen molar-refractivity contribution in [1.29, 1.82) is 0 Å². The molecule has 0 spiro atoms. The van der Waals surface area contributed by atoms with Crippen LogP contribution in [0.5, 0.6) is 0 Å².